The third kappa shape index (κ3) is 2.64. The lowest BCUT2D eigenvalue weighted by Crippen LogP contribution is -2.37. The molecule has 6 nitrogen and oxygen atoms in total. The van der Waals surface area contributed by atoms with Gasteiger partial charge < -0.3 is 4.74 Å². The van der Waals surface area contributed by atoms with Crippen LogP contribution in [-0.4, -0.2) is 45.1 Å². The Morgan fingerprint density at radius 3 is 2.16 bits per heavy atom. The molecule has 2 aromatic carbocycles. The summed E-state index contributed by atoms with van der Waals surface area (Å²) in [5, 5.41) is 0. The Morgan fingerprint density at radius 1 is 0.920 bits per heavy atom. The van der Waals surface area contributed by atoms with Gasteiger partial charge in [-0.15, -0.1) is 0 Å². The lowest BCUT2D eigenvalue weighted by molar-refractivity contribution is 0.255. The van der Waals surface area contributed by atoms with Crippen LogP contribution >= 0.6 is 0 Å². The van der Waals surface area contributed by atoms with Crippen LogP contribution in [-0.2, 0) is 9.84 Å². The van der Waals surface area contributed by atoms with Gasteiger partial charge >= 0.3 is 6.03 Å². The number of hydrogen-bond donors (Lipinski definition) is 0. The van der Waals surface area contributed by atoms with Crippen LogP contribution in [0, 0.1) is 0 Å². The molecule has 2 aliphatic rings. The van der Waals surface area contributed by atoms with Crippen molar-refractivity contribution in [3.8, 4) is 5.75 Å². The molecule has 7 heteroatoms. The van der Waals surface area contributed by atoms with Crippen molar-refractivity contribution in [2.24, 2.45) is 0 Å². The second kappa shape index (κ2) is 5.77. The van der Waals surface area contributed by atoms with E-state index in [0.717, 1.165) is 0 Å². The van der Waals surface area contributed by atoms with Crippen LogP contribution in [0.5, 0.6) is 5.75 Å². The average molecular weight is 358 g/mol. The van der Waals surface area contributed by atoms with Gasteiger partial charge in [0.25, 0.3) is 0 Å². The summed E-state index contributed by atoms with van der Waals surface area (Å²) in [5.41, 5.74) is 1.36. The Balaban J connectivity index is 1.80. The van der Waals surface area contributed by atoms with Gasteiger partial charge in [0, 0.05) is 17.4 Å². The van der Waals surface area contributed by atoms with E-state index in [0.29, 0.717) is 17.1 Å². The van der Waals surface area contributed by atoms with Crippen LogP contribution in [0.15, 0.2) is 54.6 Å². The Labute approximate surface area is 146 Å². The number of hydrogen-bond acceptors (Lipinski definition) is 4. The van der Waals surface area contributed by atoms with Gasteiger partial charge in [0.05, 0.1) is 30.7 Å². The molecule has 2 fully saturated rings. The number of fused-ring (bicyclic) bond motifs is 1. The van der Waals surface area contributed by atoms with Crippen molar-refractivity contribution in [2.45, 2.75) is 12.1 Å². The number of methoxy groups -OCH3 is 1. The van der Waals surface area contributed by atoms with Gasteiger partial charge in [-0.25, -0.2) is 13.2 Å². The monoisotopic (exact) mass is 358 g/mol. The molecule has 2 amide bonds. The van der Waals surface area contributed by atoms with Gasteiger partial charge in [-0.3, -0.25) is 9.80 Å². The number of carbonyl (C=O) groups is 1. The number of urea groups is 1. The maximum absolute atomic E-state index is 13.1. The van der Waals surface area contributed by atoms with Crippen LogP contribution in [0.25, 0.3) is 0 Å². The van der Waals surface area contributed by atoms with Crippen LogP contribution in [0.4, 0.5) is 16.2 Å². The summed E-state index contributed by atoms with van der Waals surface area (Å²) < 4.78 is 29.7. The van der Waals surface area contributed by atoms with E-state index in [1.807, 2.05) is 30.3 Å². The molecule has 0 saturated carbocycles. The van der Waals surface area contributed by atoms with Crippen LogP contribution in [0.1, 0.15) is 0 Å². The minimum Gasteiger partial charge on any atom is -0.497 e. The fourth-order valence-corrected chi connectivity index (χ4v) is 5.58. The van der Waals surface area contributed by atoms with E-state index < -0.39 is 15.9 Å². The number of benzene rings is 2. The third-order valence-corrected chi connectivity index (χ3v) is 6.43. The van der Waals surface area contributed by atoms with Crippen molar-refractivity contribution in [3.05, 3.63) is 54.6 Å². The number of carbonyl (C=O) groups excluding carboxylic acids is 1. The first-order valence-corrected chi connectivity index (χ1v) is 9.84. The van der Waals surface area contributed by atoms with Crippen LogP contribution in [0.3, 0.4) is 0 Å². The molecular weight excluding hydrogens is 340 g/mol. The molecule has 0 aliphatic carbocycles. The summed E-state index contributed by atoms with van der Waals surface area (Å²) >= 11 is 0. The Kier molecular flexibility index (Phi) is 3.68. The summed E-state index contributed by atoms with van der Waals surface area (Å²) in [7, 11) is -1.63. The number of ether oxygens (including phenoxy) is 1. The maximum atomic E-state index is 13.1. The Bertz CT molecular complexity index is 914. The summed E-state index contributed by atoms with van der Waals surface area (Å²) in [6.07, 6.45) is 0. The van der Waals surface area contributed by atoms with E-state index in [1.165, 1.54) is 0 Å². The van der Waals surface area contributed by atoms with E-state index in [4.69, 9.17) is 4.74 Å². The normalized spacial score (nSPS) is 24.4. The molecule has 0 bridgehead atoms. The molecule has 2 aromatic rings. The average Bonchev–Trinajstić information content (AvgIpc) is 3.04. The number of amides is 2. The summed E-state index contributed by atoms with van der Waals surface area (Å²) in [6, 6.07) is 15.4. The summed E-state index contributed by atoms with van der Waals surface area (Å²) in [4.78, 5) is 16.3. The quantitative estimate of drug-likeness (QED) is 0.790. The van der Waals surface area contributed by atoms with Crippen molar-refractivity contribution in [1.29, 1.82) is 0 Å². The zero-order chi connectivity index (χ0) is 17.6. The predicted octanol–water partition coefficient (Wildman–Crippen LogP) is 2.31. The number of rotatable bonds is 3. The first-order valence-electron chi connectivity index (χ1n) is 8.02. The second-order valence-electron chi connectivity index (χ2n) is 6.27. The first kappa shape index (κ1) is 16.0. The second-order valence-corrected chi connectivity index (χ2v) is 8.43. The number of sulfone groups is 1. The third-order valence-electron chi connectivity index (χ3n) is 4.73. The highest BCUT2D eigenvalue weighted by Gasteiger charge is 2.54. The van der Waals surface area contributed by atoms with Gasteiger partial charge in [0.1, 0.15) is 5.75 Å². The highest BCUT2D eigenvalue weighted by Crippen LogP contribution is 2.38. The molecule has 2 aliphatic heterocycles. The maximum Gasteiger partial charge on any atom is 0.329 e. The molecule has 130 valence electrons. The smallest absolute Gasteiger partial charge is 0.329 e. The molecule has 0 radical (unpaired) electrons. The van der Waals surface area contributed by atoms with E-state index in [1.54, 1.807) is 41.2 Å². The Hall–Kier alpha value is -2.54. The molecular formula is C18H18N2O4S. The minimum absolute atomic E-state index is 0.0151. The number of anilines is 2. The fourth-order valence-electron chi connectivity index (χ4n) is 3.66. The lowest BCUT2D eigenvalue weighted by Gasteiger charge is -2.23. The van der Waals surface area contributed by atoms with E-state index >= 15 is 0 Å². The molecule has 2 atom stereocenters. The molecule has 4 rings (SSSR count). The zero-order valence-electron chi connectivity index (χ0n) is 13.7. The molecule has 0 unspecified atom stereocenters. The van der Waals surface area contributed by atoms with Gasteiger partial charge in [-0.2, -0.15) is 0 Å². The lowest BCUT2D eigenvalue weighted by atomic mass is 10.1. The van der Waals surface area contributed by atoms with E-state index in [9.17, 15) is 13.2 Å². The van der Waals surface area contributed by atoms with Crippen LogP contribution < -0.4 is 14.5 Å². The number of nitrogens with zero attached hydrogens (tertiary/aromatic N) is 2. The van der Waals surface area contributed by atoms with Gasteiger partial charge in [0.15, 0.2) is 9.84 Å². The van der Waals surface area contributed by atoms with Crippen molar-refractivity contribution < 1.29 is 17.9 Å². The molecule has 0 N–H and O–H groups in total. The minimum atomic E-state index is -3.19. The fraction of sp³-hybridized carbons (Fsp3) is 0.278. The topological polar surface area (TPSA) is 66.9 Å². The Morgan fingerprint density at radius 2 is 1.52 bits per heavy atom. The standard InChI is InChI=1S/C18H18N2O4S/c1-24-15-9-5-8-14(10-15)20-17-12-25(22,23)11-16(17)19(18(20)21)13-6-3-2-4-7-13/h2-10,16-17H,11-12H2,1H3/t16-,17+/m1/s1. The van der Waals surface area contributed by atoms with Crippen molar-refractivity contribution in [3.63, 3.8) is 0 Å². The van der Waals surface area contributed by atoms with Gasteiger partial charge in [0.2, 0.25) is 0 Å². The van der Waals surface area contributed by atoms with E-state index in [2.05, 4.69) is 0 Å². The van der Waals surface area contributed by atoms with Crippen molar-refractivity contribution >= 4 is 27.2 Å². The van der Waals surface area contributed by atoms with Crippen molar-refractivity contribution in [1.82, 2.24) is 0 Å². The highest BCUT2D eigenvalue weighted by atomic mass is 32.2. The highest BCUT2D eigenvalue weighted by molar-refractivity contribution is 7.91. The van der Waals surface area contributed by atoms with Gasteiger partial charge in [-0.1, -0.05) is 24.3 Å². The zero-order valence-corrected chi connectivity index (χ0v) is 14.5. The van der Waals surface area contributed by atoms with E-state index in [-0.39, 0.29) is 23.6 Å². The summed E-state index contributed by atoms with van der Waals surface area (Å²) in [5.74, 6) is 0.587. The molecule has 25 heavy (non-hydrogen) atoms. The van der Waals surface area contributed by atoms with Crippen molar-refractivity contribution in [2.75, 3.05) is 28.4 Å². The number of para-hydroxylation sites is 1. The van der Waals surface area contributed by atoms with Crippen LogP contribution in [0.2, 0.25) is 0 Å². The molecule has 0 spiro atoms. The molecule has 0 aromatic heterocycles. The summed E-state index contributed by atoms with van der Waals surface area (Å²) in [6.45, 7) is 0. The first-order chi connectivity index (χ1) is 12.0. The molecule has 2 saturated heterocycles. The molecule has 2 heterocycles. The largest absolute Gasteiger partial charge is 0.497 e. The predicted molar refractivity (Wildman–Crippen MR) is 96.0 cm³/mol. The SMILES string of the molecule is COc1cccc(N2C(=O)N(c3ccccc3)[C@@H]3CS(=O)(=O)C[C@@H]32)c1. The van der Waals surface area contributed by atoms with Gasteiger partial charge in [-0.05, 0) is 24.3 Å².